The fourth-order valence-electron chi connectivity index (χ4n) is 2.14. The van der Waals surface area contributed by atoms with Crippen molar-refractivity contribution in [1.82, 2.24) is 14.3 Å². The minimum atomic E-state index is -3.11. The Hall–Kier alpha value is -1.43. The number of rotatable bonds is 4. The summed E-state index contributed by atoms with van der Waals surface area (Å²) in [5.74, 6) is 0.492. The first-order chi connectivity index (χ1) is 9.96. The van der Waals surface area contributed by atoms with Crippen LogP contribution in [0.15, 0.2) is 6.20 Å². The van der Waals surface area contributed by atoms with E-state index in [1.165, 1.54) is 10.5 Å². The molecule has 0 spiro atoms. The number of sulfonamides is 1. The van der Waals surface area contributed by atoms with E-state index in [1.807, 2.05) is 0 Å². The molecule has 0 saturated carbocycles. The van der Waals surface area contributed by atoms with Gasteiger partial charge in [0.05, 0.1) is 12.3 Å². The second kappa shape index (κ2) is 6.56. The lowest BCUT2D eigenvalue weighted by molar-refractivity contribution is 0.329. The van der Waals surface area contributed by atoms with E-state index in [2.05, 4.69) is 20.1 Å². The Kier molecular flexibility index (Phi) is 4.98. The summed E-state index contributed by atoms with van der Waals surface area (Å²) < 4.78 is 25.1. The van der Waals surface area contributed by atoms with Crippen LogP contribution in [-0.2, 0) is 10.0 Å². The van der Waals surface area contributed by atoms with Gasteiger partial charge in [-0.3, -0.25) is 0 Å². The predicted molar refractivity (Wildman–Crippen MR) is 81.0 cm³/mol. The molecular formula is C12H16ClN5O2S. The molecule has 2 heterocycles. The van der Waals surface area contributed by atoms with Gasteiger partial charge >= 0.3 is 0 Å². The fraction of sp³-hybridized carbons (Fsp3) is 0.583. The third-order valence-electron chi connectivity index (χ3n) is 3.39. The summed E-state index contributed by atoms with van der Waals surface area (Å²) in [6.45, 7) is 9.51. The van der Waals surface area contributed by atoms with Crippen LogP contribution in [0.5, 0.6) is 0 Å². The first kappa shape index (κ1) is 15.9. The molecule has 0 unspecified atom stereocenters. The van der Waals surface area contributed by atoms with E-state index in [0.29, 0.717) is 31.9 Å². The van der Waals surface area contributed by atoms with Gasteiger partial charge in [0.15, 0.2) is 0 Å². The monoisotopic (exact) mass is 329 g/mol. The lowest BCUT2D eigenvalue weighted by atomic mass is 10.1. The SMILES string of the molecule is [C-]#[N+]c1cnc(NC2CCN(S(=O)(=O)CC)CC2)nc1Cl. The van der Waals surface area contributed by atoms with E-state index >= 15 is 0 Å². The standard InChI is InChI=1S/C12H16ClN5O2S/c1-3-21(19,20)18-6-4-9(5-7-18)16-12-15-8-10(14-2)11(13)17-12/h8-9H,3-7H2,1H3,(H,15,16,17). The third-order valence-corrected chi connectivity index (χ3v) is 5.55. The molecule has 1 N–H and O–H groups in total. The molecule has 0 aliphatic carbocycles. The Morgan fingerprint density at radius 1 is 1.52 bits per heavy atom. The number of aromatic nitrogens is 2. The zero-order valence-electron chi connectivity index (χ0n) is 11.6. The highest BCUT2D eigenvalue weighted by atomic mass is 35.5. The second-order valence-corrected chi connectivity index (χ2v) is 7.32. The van der Waals surface area contributed by atoms with Crippen LogP contribution in [0, 0.1) is 6.57 Å². The number of hydrogen-bond donors (Lipinski definition) is 1. The average molecular weight is 330 g/mol. The van der Waals surface area contributed by atoms with Gasteiger partial charge in [-0.1, -0.05) is 11.6 Å². The average Bonchev–Trinajstić information content (AvgIpc) is 2.48. The van der Waals surface area contributed by atoms with Crippen molar-refractivity contribution >= 4 is 33.3 Å². The number of piperidine rings is 1. The first-order valence-electron chi connectivity index (χ1n) is 6.60. The van der Waals surface area contributed by atoms with Gasteiger partial charge < -0.3 is 5.32 Å². The van der Waals surface area contributed by atoms with Crippen molar-refractivity contribution in [1.29, 1.82) is 0 Å². The van der Waals surface area contributed by atoms with E-state index < -0.39 is 10.0 Å². The number of nitrogens with one attached hydrogen (secondary N) is 1. The molecule has 9 heteroatoms. The Labute approximate surface area is 129 Å². The van der Waals surface area contributed by atoms with Gasteiger partial charge in [0.25, 0.3) is 0 Å². The largest absolute Gasteiger partial charge is 0.351 e. The smallest absolute Gasteiger partial charge is 0.241 e. The van der Waals surface area contributed by atoms with Crippen molar-refractivity contribution in [3.63, 3.8) is 0 Å². The maximum atomic E-state index is 11.8. The van der Waals surface area contributed by atoms with Crippen LogP contribution >= 0.6 is 11.6 Å². The molecule has 1 saturated heterocycles. The molecule has 1 aromatic heterocycles. The molecule has 0 bridgehead atoms. The van der Waals surface area contributed by atoms with Crippen LogP contribution in [0.2, 0.25) is 5.15 Å². The molecule has 21 heavy (non-hydrogen) atoms. The lowest BCUT2D eigenvalue weighted by Crippen LogP contribution is -2.43. The van der Waals surface area contributed by atoms with Gasteiger partial charge in [0.1, 0.15) is 5.15 Å². The van der Waals surface area contributed by atoms with Gasteiger partial charge in [-0.2, -0.15) is 0 Å². The highest BCUT2D eigenvalue weighted by Gasteiger charge is 2.26. The Balaban J connectivity index is 1.95. The summed E-state index contributed by atoms with van der Waals surface area (Å²) >= 11 is 5.86. The Morgan fingerprint density at radius 3 is 2.71 bits per heavy atom. The van der Waals surface area contributed by atoms with Crippen molar-refractivity contribution in [3.8, 4) is 0 Å². The predicted octanol–water partition coefficient (Wildman–Crippen LogP) is 1.91. The summed E-state index contributed by atoms with van der Waals surface area (Å²) in [4.78, 5) is 11.3. The van der Waals surface area contributed by atoms with Crippen LogP contribution < -0.4 is 5.32 Å². The molecular weight excluding hydrogens is 314 g/mol. The molecule has 0 amide bonds. The molecule has 2 rings (SSSR count). The van der Waals surface area contributed by atoms with Crippen molar-refractivity contribution in [2.45, 2.75) is 25.8 Å². The van der Waals surface area contributed by atoms with E-state index in [1.54, 1.807) is 6.92 Å². The molecule has 1 aliphatic rings. The third kappa shape index (κ3) is 3.81. The zero-order valence-corrected chi connectivity index (χ0v) is 13.2. The Morgan fingerprint density at radius 2 is 2.19 bits per heavy atom. The molecule has 0 radical (unpaired) electrons. The highest BCUT2D eigenvalue weighted by molar-refractivity contribution is 7.89. The zero-order chi connectivity index (χ0) is 15.5. The van der Waals surface area contributed by atoms with Crippen LogP contribution in [-0.4, -0.2) is 47.6 Å². The highest BCUT2D eigenvalue weighted by Crippen LogP contribution is 2.23. The quantitative estimate of drug-likeness (QED) is 0.674. The molecule has 0 atom stereocenters. The lowest BCUT2D eigenvalue weighted by Gasteiger charge is -2.31. The van der Waals surface area contributed by atoms with Crippen LogP contribution in [0.25, 0.3) is 4.85 Å². The van der Waals surface area contributed by atoms with E-state index in [0.717, 1.165) is 0 Å². The van der Waals surface area contributed by atoms with Crippen molar-refractivity contribution < 1.29 is 8.42 Å². The fourth-order valence-corrected chi connectivity index (χ4v) is 3.45. The van der Waals surface area contributed by atoms with E-state index in [4.69, 9.17) is 18.2 Å². The second-order valence-electron chi connectivity index (χ2n) is 4.70. The van der Waals surface area contributed by atoms with Gasteiger partial charge in [-0.25, -0.2) is 27.5 Å². The van der Waals surface area contributed by atoms with Gasteiger partial charge in [-0.15, -0.1) is 0 Å². The van der Waals surface area contributed by atoms with Crippen LogP contribution in [0.1, 0.15) is 19.8 Å². The molecule has 1 aromatic rings. The van der Waals surface area contributed by atoms with Gasteiger partial charge in [0, 0.05) is 25.3 Å². The maximum Gasteiger partial charge on any atom is 0.241 e. The van der Waals surface area contributed by atoms with Crippen molar-refractivity contribution in [2.75, 3.05) is 24.2 Å². The van der Waals surface area contributed by atoms with Crippen LogP contribution in [0.3, 0.4) is 0 Å². The summed E-state index contributed by atoms with van der Waals surface area (Å²) in [5.41, 5.74) is 0.214. The summed E-state index contributed by atoms with van der Waals surface area (Å²) in [6.07, 6.45) is 2.75. The number of halogens is 1. The molecule has 114 valence electrons. The first-order valence-corrected chi connectivity index (χ1v) is 8.59. The molecule has 1 aliphatic heterocycles. The minimum absolute atomic E-state index is 0.100. The van der Waals surface area contributed by atoms with Crippen LogP contribution in [0.4, 0.5) is 11.6 Å². The Bertz CT molecular complexity index is 650. The minimum Gasteiger partial charge on any atom is -0.351 e. The van der Waals surface area contributed by atoms with Gasteiger partial charge in [-0.05, 0) is 19.8 Å². The van der Waals surface area contributed by atoms with E-state index in [-0.39, 0.29) is 22.6 Å². The maximum absolute atomic E-state index is 11.8. The van der Waals surface area contributed by atoms with Gasteiger partial charge in [0.2, 0.25) is 21.7 Å². The molecule has 0 aromatic carbocycles. The number of nitrogens with zero attached hydrogens (tertiary/aromatic N) is 4. The van der Waals surface area contributed by atoms with Crippen molar-refractivity contribution in [2.24, 2.45) is 0 Å². The van der Waals surface area contributed by atoms with E-state index in [9.17, 15) is 8.42 Å². The molecule has 7 nitrogen and oxygen atoms in total. The summed E-state index contributed by atoms with van der Waals surface area (Å²) in [7, 11) is -3.11. The topological polar surface area (TPSA) is 79.5 Å². The number of anilines is 1. The molecule has 1 fully saturated rings. The normalized spacial score (nSPS) is 17.4. The number of hydrogen-bond acceptors (Lipinski definition) is 5. The summed E-state index contributed by atoms with van der Waals surface area (Å²) in [5, 5.41) is 3.25. The van der Waals surface area contributed by atoms with Crippen molar-refractivity contribution in [3.05, 3.63) is 22.8 Å². The summed E-state index contributed by atoms with van der Waals surface area (Å²) in [6, 6.07) is 0.100.